The standard InChI is InChI=1S/C28H25Cl2F6N3O3/c29-22-2-1-3-23(30)20(22)12-13-38(15-16-4-8-18(9-5-16)27(31,32)33)25(40)21-14-37-39(24(21)28(34,35)36)19-10-6-17(7-11-19)26(41)42/h1-5,8-9,14,17,19H,6-7,10-13,15H2,(H,41,42). The third kappa shape index (κ3) is 7.20. The summed E-state index contributed by atoms with van der Waals surface area (Å²) in [5, 5.41) is 13.7. The predicted molar refractivity (Wildman–Crippen MR) is 142 cm³/mol. The van der Waals surface area contributed by atoms with Gasteiger partial charge < -0.3 is 10.0 Å². The van der Waals surface area contributed by atoms with E-state index in [0.29, 0.717) is 5.56 Å². The van der Waals surface area contributed by atoms with Crippen molar-refractivity contribution in [2.24, 2.45) is 5.92 Å². The van der Waals surface area contributed by atoms with Gasteiger partial charge in [0.1, 0.15) is 0 Å². The molecule has 1 aliphatic carbocycles. The number of halogens is 8. The molecule has 1 amide bonds. The molecule has 1 N–H and O–H groups in total. The van der Waals surface area contributed by atoms with Gasteiger partial charge in [-0.25, -0.2) is 0 Å². The Hall–Kier alpha value is -3.25. The van der Waals surface area contributed by atoms with Crippen LogP contribution in [0.25, 0.3) is 0 Å². The van der Waals surface area contributed by atoms with Crippen molar-refractivity contribution in [1.82, 2.24) is 14.7 Å². The van der Waals surface area contributed by atoms with Gasteiger partial charge in [0, 0.05) is 23.1 Å². The first-order chi connectivity index (χ1) is 19.7. The highest BCUT2D eigenvalue weighted by Gasteiger charge is 2.43. The molecule has 0 atom stereocenters. The lowest BCUT2D eigenvalue weighted by Crippen LogP contribution is -2.34. The summed E-state index contributed by atoms with van der Waals surface area (Å²) < 4.78 is 83.1. The maximum absolute atomic E-state index is 14.4. The molecule has 0 bridgehead atoms. The molecule has 2 aromatic carbocycles. The Kier molecular flexibility index (Phi) is 9.46. The van der Waals surface area contributed by atoms with Crippen LogP contribution in [0.4, 0.5) is 26.3 Å². The van der Waals surface area contributed by atoms with Gasteiger partial charge in [0.2, 0.25) is 0 Å². The quantitative estimate of drug-likeness (QED) is 0.255. The topological polar surface area (TPSA) is 75.4 Å². The molecule has 0 saturated heterocycles. The van der Waals surface area contributed by atoms with Gasteiger partial charge in [0.05, 0.1) is 29.3 Å². The summed E-state index contributed by atoms with van der Waals surface area (Å²) in [7, 11) is 0. The van der Waals surface area contributed by atoms with Crippen LogP contribution >= 0.6 is 23.2 Å². The second kappa shape index (κ2) is 12.5. The summed E-state index contributed by atoms with van der Waals surface area (Å²) in [4.78, 5) is 26.1. The number of alkyl halides is 6. The lowest BCUT2D eigenvalue weighted by Gasteiger charge is -2.28. The molecule has 3 aromatic rings. The minimum absolute atomic E-state index is 0.0551. The van der Waals surface area contributed by atoms with Crippen molar-refractivity contribution in [3.8, 4) is 0 Å². The molecule has 0 unspecified atom stereocenters. The van der Waals surface area contributed by atoms with Crippen molar-refractivity contribution in [3.63, 3.8) is 0 Å². The van der Waals surface area contributed by atoms with Gasteiger partial charge >= 0.3 is 18.3 Å². The van der Waals surface area contributed by atoms with E-state index in [9.17, 15) is 41.0 Å². The Morgan fingerprint density at radius 1 is 0.929 bits per heavy atom. The lowest BCUT2D eigenvalue weighted by atomic mass is 9.86. The average molecular weight is 636 g/mol. The normalized spacial score (nSPS) is 17.7. The van der Waals surface area contributed by atoms with Gasteiger partial charge in [-0.15, -0.1) is 0 Å². The van der Waals surface area contributed by atoms with Gasteiger partial charge in [0.15, 0.2) is 5.69 Å². The van der Waals surface area contributed by atoms with Crippen LogP contribution in [0.3, 0.4) is 0 Å². The molecular formula is C28H25Cl2F6N3O3. The minimum Gasteiger partial charge on any atom is -0.481 e. The lowest BCUT2D eigenvalue weighted by molar-refractivity contribution is -0.147. The molecule has 6 nitrogen and oxygen atoms in total. The van der Waals surface area contributed by atoms with E-state index in [2.05, 4.69) is 5.10 Å². The molecule has 0 aliphatic heterocycles. The van der Waals surface area contributed by atoms with Crippen molar-refractivity contribution in [2.75, 3.05) is 6.54 Å². The smallest absolute Gasteiger partial charge is 0.433 e. The average Bonchev–Trinajstić information content (AvgIpc) is 3.38. The van der Waals surface area contributed by atoms with Gasteiger partial charge in [-0.3, -0.25) is 14.3 Å². The number of aliphatic carboxylic acids is 1. The summed E-state index contributed by atoms with van der Waals surface area (Å²) in [6, 6.07) is 7.94. The summed E-state index contributed by atoms with van der Waals surface area (Å²) in [6.45, 7) is -0.458. The predicted octanol–water partition coefficient (Wildman–Crippen LogP) is 7.93. The molecule has 4 rings (SSSR count). The second-order valence-electron chi connectivity index (χ2n) is 10.1. The highest BCUT2D eigenvalue weighted by atomic mass is 35.5. The molecular weight excluding hydrogens is 611 g/mol. The van der Waals surface area contributed by atoms with E-state index in [1.54, 1.807) is 18.2 Å². The number of nitrogens with zero attached hydrogens (tertiary/aromatic N) is 3. The number of carbonyl (C=O) groups excluding carboxylic acids is 1. The van der Waals surface area contributed by atoms with E-state index in [4.69, 9.17) is 23.2 Å². The molecule has 0 radical (unpaired) electrons. The molecule has 1 fully saturated rings. The number of hydrogen-bond donors (Lipinski definition) is 1. The first-order valence-electron chi connectivity index (χ1n) is 12.9. The van der Waals surface area contributed by atoms with Crippen molar-refractivity contribution in [1.29, 1.82) is 0 Å². The first kappa shape index (κ1) is 31.7. The fraction of sp³-hybridized carbons (Fsp3) is 0.393. The largest absolute Gasteiger partial charge is 0.481 e. The summed E-state index contributed by atoms with van der Waals surface area (Å²) in [6.07, 6.45) is -8.08. The third-order valence-electron chi connectivity index (χ3n) is 7.32. The maximum Gasteiger partial charge on any atom is 0.433 e. The Labute approximate surface area is 246 Å². The number of carboxylic acids is 1. The van der Waals surface area contributed by atoms with Gasteiger partial charge in [-0.2, -0.15) is 31.4 Å². The van der Waals surface area contributed by atoms with Crippen LogP contribution in [0.1, 0.15) is 64.5 Å². The highest BCUT2D eigenvalue weighted by Crippen LogP contribution is 2.39. The Balaban J connectivity index is 1.67. The Morgan fingerprint density at radius 2 is 1.52 bits per heavy atom. The SMILES string of the molecule is O=C(O)C1CCC(n2ncc(C(=O)N(CCc3c(Cl)cccc3Cl)Cc3ccc(C(F)(F)F)cc3)c2C(F)(F)F)CC1. The zero-order valence-corrected chi connectivity index (χ0v) is 23.4. The van der Waals surface area contributed by atoms with Gasteiger partial charge in [-0.05, 0) is 67.5 Å². The zero-order valence-electron chi connectivity index (χ0n) is 21.9. The second-order valence-corrected chi connectivity index (χ2v) is 10.9. The van der Waals surface area contributed by atoms with Crippen LogP contribution in [0.2, 0.25) is 10.0 Å². The molecule has 0 spiro atoms. The molecule has 1 aliphatic rings. The van der Waals surface area contributed by atoms with Crippen LogP contribution in [0.5, 0.6) is 0 Å². The monoisotopic (exact) mass is 635 g/mol. The maximum atomic E-state index is 14.4. The van der Waals surface area contributed by atoms with Gasteiger partial charge in [-0.1, -0.05) is 41.4 Å². The number of carbonyl (C=O) groups is 2. The zero-order chi connectivity index (χ0) is 30.8. The first-order valence-corrected chi connectivity index (χ1v) is 13.7. The van der Waals surface area contributed by atoms with Crippen LogP contribution in [-0.4, -0.2) is 38.2 Å². The van der Waals surface area contributed by atoms with Crippen LogP contribution < -0.4 is 0 Å². The number of rotatable bonds is 8. The van der Waals surface area contributed by atoms with Crippen molar-refractivity contribution in [2.45, 2.75) is 57.0 Å². The van der Waals surface area contributed by atoms with Crippen LogP contribution in [-0.2, 0) is 30.1 Å². The molecule has 1 saturated carbocycles. The van der Waals surface area contributed by atoms with Crippen LogP contribution in [0.15, 0.2) is 48.7 Å². The molecule has 226 valence electrons. The third-order valence-corrected chi connectivity index (χ3v) is 8.03. The van der Waals surface area contributed by atoms with Crippen molar-refractivity contribution in [3.05, 3.63) is 86.7 Å². The van der Waals surface area contributed by atoms with Crippen LogP contribution in [0, 0.1) is 5.92 Å². The number of hydrogen-bond acceptors (Lipinski definition) is 3. The summed E-state index contributed by atoms with van der Waals surface area (Å²) in [5.74, 6) is -2.71. The van der Waals surface area contributed by atoms with E-state index >= 15 is 0 Å². The number of carboxylic acid groups (broad SMARTS) is 1. The molecule has 14 heteroatoms. The van der Waals surface area contributed by atoms with Crippen molar-refractivity contribution >= 4 is 35.1 Å². The van der Waals surface area contributed by atoms with E-state index in [-0.39, 0.29) is 60.8 Å². The Bertz CT molecular complexity index is 1410. The summed E-state index contributed by atoms with van der Waals surface area (Å²) in [5.41, 5.74) is -2.19. The Morgan fingerprint density at radius 3 is 2.05 bits per heavy atom. The van der Waals surface area contributed by atoms with E-state index in [1.807, 2.05) is 0 Å². The van der Waals surface area contributed by atoms with E-state index in [1.165, 1.54) is 0 Å². The molecule has 1 aromatic heterocycles. The number of aromatic nitrogens is 2. The number of benzene rings is 2. The number of amides is 1. The summed E-state index contributed by atoms with van der Waals surface area (Å²) >= 11 is 12.5. The highest BCUT2D eigenvalue weighted by molar-refractivity contribution is 6.36. The fourth-order valence-electron chi connectivity index (χ4n) is 5.11. The minimum atomic E-state index is -4.97. The molecule has 1 heterocycles. The van der Waals surface area contributed by atoms with E-state index < -0.39 is 53.0 Å². The fourth-order valence-corrected chi connectivity index (χ4v) is 5.69. The molecule has 42 heavy (non-hydrogen) atoms. The van der Waals surface area contributed by atoms with Crippen molar-refractivity contribution < 1.29 is 41.0 Å². The van der Waals surface area contributed by atoms with Gasteiger partial charge in [0.25, 0.3) is 5.91 Å². The van der Waals surface area contributed by atoms with E-state index in [0.717, 1.165) is 40.0 Å².